The van der Waals surface area contributed by atoms with Gasteiger partial charge in [0.15, 0.2) is 0 Å². The van der Waals surface area contributed by atoms with Crippen LogP contribution in [0.15, 0.2) is 59.8 Å². The van der Waals surface area contributed by atoms with Crippen LogP contribution < -0.4 is 4.90 Å². The van der Waals surface area contributed by atoms with Gasteiger partial charge in [-0.25, -0.2) is 0 Å². The van der Waals surface area contributed by atoms with Crippen molar-refractivity contribution in [3.05, 3.63) is 65.7 Å². The van der Waals surface area contributed by atoms with Crippen LogP contribution >= 0.6 is 0 Å². The summed E-state index contributed by atoms with van der Waals surface area (Å²) in [5.74, 6) is -0.896. The fraction of sp³-hybridized carbons (Fsp3) is 0.391. The lowest BCUT2D eigenvalue weighted by Crippen LogP contribution is -2.46. The first-order valence-corrected chi connectivity index (χ1v) is 10.2. The summed E-state index contributed by atoms with van der Waals surface area (Å²) in [5, 5.41) is 21.2. The Morgan fingerprint density at radius 1 is 0.931 bits per heavy atom. The van der Waals surface area contributed by atoms with E-state index in [-0.39, 0.29) is 12.8 Å². The zero-order valence-electron chi connectivity index (χ0n) is 16.7. The Hall–Kier alpha value is -2.86. The molecule has 2 aromatic rings. The van der Waals surface area contributed by atoms with Gasteiger partial charge in [-0.2, -0.15) is 0 Å². The number of nitrogens with zero attached hydrogens (tertiary/aromatic N) is 3. The highest BCUT2D eigenvalue weighted by Crippen LogP contribution is 2.16. The Balaban J connectivity index is 1.40. The number of rotatable bonds is 9. The van der Waals surface area contributed by atoms with Crippen LogP contribution in [0.5, 0.6) is 0 Å². The number of carboxylic acids is 1. The second-order valence-corrected chi connectivity index (χ2v) is 7.41. The quantitative estimate of drug-likeness (QED) is 0.386. The minimum Gasteiger partial charge on any atom is -0.481 e. The van der Waals surface area contributed by atoms with Crippen LogP contribution in [0, 0.1) is 0 Å². The van der Waals surface area contributed by atoms with Gasteiger partial charge in [-0.1, -0.05) is 47.6 Å². The number of carbonyl (C=O) groups is 1. The molecule has 0 saturated carbocycles. The van der Waals surface area contributed by atoms with Gasteiger partial charge in [-0.15, -0.1) is 0 Å². The fourth-order valence-corrected chi connectivity index (χ4v) is 3.72. The summed E-state index contributed by atoms with van der Waals surface area (Å²) < 4.78 is 0. The van der Waals surface area contributed by atoms with Gasteiger partial charge in [-0.3, -0.25) is 9.69 Å². The molecule has 154 valence electrons. The van der Waals surface area contributed by atoms with Crippen LogP contribution in [0.4, 0.5) is 5.69 Å². The number of carboxylic acid groups (broad SMARTS) is 1. The number of hydrogen-bond donors (Lipinski definition) is 2. The molecule has 0 unspecified atom stereocenters. The molecule has 0 spiro atoms. The number of oxime groups is 1. The summed E-state index contributed by atoms with van der Waals surface area (Å²) in [4.78, 5) is 15.7. The molecular weight excluding hydrogens is 366 g/mol. The summed E-state index contributed by atoms with van der Waals surface area (Å²) in [5.41, 5.74) is 3.73. The Kier molecular flexibility index (Phi) is 7.64. The zero-order chi connectivity index (χ0) is 20.5. The van der Waals surface area contributed by atoms with Crippen LogP contribution in [0.3, 0.4) is 0 Å². The molecule has 0 bridgehead atoms. The van der Waals surface area contributed by atoms with Crippen LogP contribution in [-0.2, 0) is 11.2 Å². The van der Waals surface area contributed by atoms with Gasteiger partial charge in [0.2, 0.25) is 0 Å². The normalized spacial score (nSPS) is 15.4. The molecule has 0 amide bonds. The number of benzene rings is 2. The highest BCUT2D eigenvalue weighted by molar-refractivity contribution is 6.01. The third-order valence-electron chi connectivity index (χ3n) is 5.42. The molecule has 1 aliphatic heterocycles. The van der Waals surface area contributed by atoms with Gasteiger partial charge in [0.25, 0.3) is 0 Å². The molecular formula is C23H29N3O3. The summed E-state index contributed by atoms with van der Waals surface area (Å²) in [7, 11) is 0. The van der Waals surface area contributed by atoms with Gasteiger partial charge in [-0.05, 0) is 42.6 Å². The van der Waals surface area contributed by atoms with Gasteiger partial charge in [0, 0.05) is 38.3 Å². The van der Waals surface area contributed by atoms with Gasteiger partial charge < -0.3 is 15.2 Å². The van der Waals surface area contributed by atoms with Crippen LogP contribution in [-0.4, -0.2) is 59.6 Å². The monoisotopic (exact) mass is 395 g/mol. The minimum atomic E-state index is -0.896. The third-order valence-corrected chi connectivity index (χ3v) is 5.42. The van der Waals surface area contributed by atoms with Crippen LogP contribution in [0.25, 0.3) is 0 Å². The lowest BCUT2D eigenvalue weighted by molar-refractivity contribution is -0.136. The molecule has 6 nitrogen and oxygen atoms in total. The second-order valence-electron chi connectivity index (χ2n) is 7.41. The first-order chi connectivity index (χ1) is 14.2. The molecule has 2 N–H and O–H groups in total. The van der Waals surface area contributed by atoms with Crippen molar-refractivity contribution in [1.82, 2.24) is 4.90 Å². The number of anilines is 1. The van der Waals surface area contributed by atoms with E-state index in [0.717, 1.165) is 51.1 Å². The molecule has 2 aromatic carbocycles. The van der Waals surface area contributed by atoms with E-state index in [4.69, 9.17) is 10.3 Å². The Bertz CT molecular complexity index is 798. The lowest BCUT2D eigenvalue weighted by Gasteiger charge is -2.36. The molecule has 0 atom stereocenters. The lowest BCUT2D eigenvalue weighted by atomic mass is 10.0. The Labute approximate surface area is 172 Å². The smallest absolute Gasteiger partial charge is 0.303 e. The van der Waals surface area contributed by atoms with E-state index >= 15 is 0 Å². The molecule has 1 saturated heterocycles. The maximum atomic E-state index is 10.7. The fourth-order valence-electron chi connectivity index (χ4n) is 3.72. The maximum Gasteiger partial charge on any atom is 0.303 e. The minimum absolute atomic E-state index is 0.0430. The van der Waals surface area contributed by atoms with E-state index in [2.05, 4.69) is 45.3 Å². The van der Waals surface area contributed by atoms with E-state index in [1.54, 1.807) is 0 Å². The Morgan fingerprint density at radius 3 is 2.24 bits per heavy atom. The van der Waals surface area contributed by atoms with Gasteiger partial charge in [0.1, 0.15) is 0 Å². The SMILES string of the molecule is O=C(O)CCC(=NO)c1ccc(CCCN2CCN(c3ccccc3)CC2)cc1. The van der Waals surface area contributed by atoms with Crippen LogP contribution in [0.1, 0.15) is 30.4 Å². The summed E-state index contributed by atoms with van der Waals surface area (Å²) in [6, 6.07) is 18.5. The van der Waals surface area contributed by atoms with Crippen molar-refractivity contribution >= 4 is 17.4 Å². The van der Waals surface area contributed by atoms with E-state index in [0.29, 0.717) is 5.71 Å². The average Bonchev–Trinajstić information content (AvgIpc) is 2.76. The van der Waals surface area contributed by atoms with E-state index in [1.807, 2.05) is 24.3 Å². The average molecular weight is 396 g/mol. The predicted octanol–water partition coefficient (Wildman–Crippen LogP) is 3.48. The second kappa shape index (κ2) is 10.6. The molecule has 1 fully saturated rings. The largest absolute Gasteiger partial charge is 0.481 e. The highest BCUT2D eigenvalue weighted by atomic mass is 16.4. The number of aliphatic carboxylic acids is 1. The number of para-hydroxylation sites is 1. The third kappa shape index (κ3) is 6.32. The van der Waals surface area contributed by atoms with E-state index in [1.165, 1.54) is 11.3 Å². The van der Waals surface area contributed by atoms with E-state index in [9.17, 15) is 4.79 Å². The standard InChI is InChI=1S/C23H29N3O3/c27-23(28)13-12-22(24-29)20-10-8-19(9-11-20)5-4-14-25-15-17-26(18-16-25)21-6-2-1-3-7-21/h1-3,6-11,29H,4-5,12-18H2,(H,27,28). The van der Waals surface area contributed by atoms with Crippen molar-refractivity contribution in [3.8, 4) is 0 Å². The molecule has 1 heterocycles. The van der Waals surface area contributed by atoms with Crippen molar-refractivity contribution < 1.29 is 15.1 Å². The number of hydrogen-bond acceptors (Lipinski definition) is 5. The van der Waals surface area contributed by atoms with Crippen molar-refractivity contribution in [3.63, 3.8) is 0 Å². The molecule has 1 aliphatic rings. The number of piperazine rings is 1. The van der Waals surface area contributed by atoms with Crippen molar-refractivity contribution in [2.24, 2.45) is 5.16 Å². The topological polar surface area (TPSA) is 76.4 Å². The van der Waals surface area contributed by atoms with Crippen LogP contribution in [0.2, 0.25) is 0 Å². The molecule has 0 radical (unpaired) electrons. The Morgan fingerprint density at radius 2 is 1.62 bits per heavy atom. The highest BCUT2D eigenvalue weighted by Gasteiger charge is 2.16. The van der Waals surface area contributed by atoms with Crippen molar-refractivity contribution in [2.45, 2.75) is 25.7 Å². The molecule has 6 heteroatoms. The van der Waals surface area contributed by atoms with Crippen molar-refractivity contribution in [1.29, 1.82) is 0 Å². The number of aryl methyl sites for hydroxylation is 1. The summed E-state index contributed by atoms with van der Waals surface area (Å²) in [6.45, 7) is 5.41. The predicted molar refractivity (Wildman–Crippen MR) is 115 cm³/mol. The van der Waals surface area contributed by atoms with Gasteiger partial charge in [0.05, 0.1) is 12.1 Å². The zero-order valence-corrected chi connectivity index (χ0v) is 16.7. The molecule has 0 aliphatic carbocycles. The van der Waals surface area contributed by atoms with Crippen molar-refractivity contribution in [2.75, 3.05) is 37.6 Å². The van der Waals surface area contributed by atoms with E-state index < -0.39 is 5.97 Å². The first-order valence-electron chi connectivity index (χ1n) is 10.2. The maximum absolute atomic E-state index is 10.7. The molecule has 0 aromatic heterocycles. The molecule has 3 rings (SSSR count). The molecule has 29 heavy (non-hydrogen) atoms. The van der Waals surface area contributed by atoms with Gasteiger partial charge >= 0.3 is 5.97 Å². The first kappa shape index (κ1) is 20.9. The summed E-state index contributed by atoms with van der Waals surface area (Å²) >= 11 is 0. The summed E-state index contributed by atoms with van der Waals surface area (Å²) in [6.07, 6.45) is 2.28.